The molecule has 0 radical (unpaired) electrons. The number of carbonyl (C=O) groups is 1. The van der Waals surface area contributed by atoms with Crippen LogP contribution in [0.5, 0.6) is 0 Å². The summed E-state index contributed by atoms with van der Waals surface area (Å²) in [5, 5.41) is 0. The second kappa shape index (κ2) is 3.21. The molecule has 1 aromatic carbocycles. The number of Topliss-reactive ketones (excluding diaryl/α,β-unsaturated/α-hetero) is 1. The molecule has 2 rings (SSSR count). The first kappa shape index (κ1) is 9.41. The second-order valence-electron chi connectivity index (χ2n) is 4.24. The fourth-order valence-corrected chi connectivity index (χ4v) is 2.09. The van der Waals surface area contributed by atoms with Crippen molar-refractivity contribution in [1.82, 2.24) is 0 Å². The smallest absolute Gasteiger partial charge is 0.135 e. The number of nitrogens with two attached hydrogens (primary N) is 1. The highest BCUT2D eigenvalue weighted by atomic mass is 16.1. The van der Waals surface area contributed by atoms with Crippen LogP contribution in [0.15, 0.2) is 24.3 Å². The molecule has 74 valence electrons. The summed E-state index contributed by atoms with van der Waals surface area (Å²) in [4.78, 5) is 11.2. The first-order valence-electron chi connectivity index (χ1n) is 4.98. The maximum Gasteiger partial charge on any atom is 0.135 e. The number of hydrogen-bond acceptors (Lipinski definition) is 2. The Bertz CT molecular complexity index is 372. The molecule has 0 aliphatic heterocycles. The number of ketones is 1. The summed E-state index contributed by atoms with van der Waals surface area (Å²) < 4.78 is 0. The van der Waals surface area contributed by atoms with E-state index >= 15 is 0 Å². The van der Waals surface area contributed by atoms with Gasteiger partial charge in [-0.3, -0.25) is 4.79 Å². The number of rotatable bonds is 1. The number of carbonyl (C=O) groups excluding carboxylic acids is 1. The van der Waals surface area contributed by atoms with Gasteiger partial charge in [0.25, 0.3) is 0 Å². The number of hydrogen-bond donors (Lipinski definition) is 1. The zero-order valence-electron chi connectivity index (χ0n) is 8.42. The normalized spacial score (nSPS) is 26.9. The molecule has 0 saturated heterocycles. The Morgan fingerprint density at radius 3 is 2.79 bits per heavy atom. The van der Waals surface area contributed by atoms with E-state index in [1.165, 1.54) is 5.56 Å². The number of benzene rings is 1. The van der Waals surface area contributed by atoms with E-state index in [4.69, 9.17) is 5.73 Å². The lowest BCUT2D eigenvalue weighted by Crippen LogP contribution is -2.33. The summed E-state index contributed by atoms with van der Waals surface area (Å²) in [5.41, 5.74) is 8.12. The van der Waals surface area contributed by atoms with Crippen LogP contribution in [-0.4, -0.2) is 5.78 Å². The summed E-state index contributed by atoms with van der Waals surface area (Å²) in [6.07, 6.45) is 1.91. The maximum atomic E-state index is 11.2. The molecule has 0 aromatic heterocycles. The molecule has 1 aliphatic carbocycles. The van der Waals surface area contributed by atoms with Gasteiger partial charge in [0, 0.05) is 18.4 Å². The van der Waals surface area contributed by atoms with Gasteiger partial charge in [0.1, 0.15) is 5.78 Å². The molecular formula is C12H15NO. The van der Waals surface area contributed by atoms with E-state index in [0.717, 1.165) is 12.0 Å². The predicted octanol–water partition coefficient (Wildman–Crippen LogP) is 1.90. The van der Waals surface area contributed by atoms with E-state index < -0.39 is 5.54 Å². The molecule has 0 amide bonds. The molecule has 1 unspecified atom stereocenters. The van der Waals surface area contributed by atoms with E-state index in [1.54, 1.807) is 0 Å². The zero-order chi connectivity index (χ0) is 10.2. The van der Waals surface area contributed by atoms with Crippen LogP contribution in [0.25, 0.3) is 0 Å². The Morgan fingerprint density at radius 1 is 1.43 bits per heavy atom. The molecule has 0 spiro atoms. The molecule has 1 atom stereocenters. The van der Waals surface area contributed by atoms with Gasteiger partial charge in [-0.1, -0.05) is 29.8 Å². The largest absolute Gasteiger partial charge is 0.321 e. The van der Waals surface area contributed by atoms with Crippen molar-refractivity contribution < 1.29 is 4.79 Å². The first-order valence-corrected chi connectivity index (χ1v) is 4.98. The minimum atomic E-state index is -0.400. The highest BCUT2D eigenvalue weighted by molar-refractivity contribution is 5.82. The van der Waals surface area contributed by atoms with Crippen LogP contribution in [0, 0.1) is 6.92 Å². The minimum absolute atomic E-state index is 0.286. The lowest BCUT2D eigenvalue weighted by molar-refractivity contribution is -0.117. The Labute approximate surface area is 84.1 Å². The molecule has 2 N–H and O–H groups in total. The van der Waals surface area contributed by atoms with Crippen molar-refractivity contribution in [2.75, 3.05) is 0 Å². The van der Waals surface area contributed by atoms with Gasteiger partial charge in [0.05, 0.1) is 0 Å². The van der Waals surface area contributed by atoms with E-state index in [0.29, 0.717) is 12.8 Å². The average Bonchev–Trinajstić information content (AvgIpc) is 2.48. The van der Waals surface area contributed by atoms with Crippen molar-refractivity contribution in [3.05, 3.63) is 35.4 Å². The summed E-state index contributed by atoms with van der Waals surface area (Å²) in [7, 11) is 0. The molecule has 0 heterocycles. The van der Waals surface area contributed by atoms with Crippen molar-refractivity contribution in [1.29, 1.82) is 0 Å². The molecule has 1 aliphatic rings. The Morgan fingerprint density at radius 2 is 2.21 bits per heavy atom. The molecule has 2 nitrogen and oxygen atoms in total. The Balaban J connectivity index is 2.34. The Hall–Kier alpha value is -1.15. The third kappa shape index (κ3) is 1.58. The summed E-state index contributed by atoms with van der Waals surface area (Å²) in [6.45, 7) is 2.05. The lowest BCUT2D eigenvalue weighted by atomic mass is 9.88. The first-order chi connectivity index (χ1) is 6.60. The summed E-state index contributed by atoms with van der Waals surface area (Å²) >= 11 is 0. The molecule has 1 fully saturated rings. The van der Waals surface area contributed by atoms with Crippen LogP contribution in [0.1, 0.15) is 30.4 Å². The molecule has 14 heavy (non-hydrogen) atoms. The van der Waals surface area contributed by atoms with Gasteiger partial charge in [0.15, 0.2) is 0 Å². The van der Waals surface area contributed by atoms with Crippen LogP contribution in [0.3, 0.4) is 0 Å². The van der Waals surface area contributed by atoms with Crippen molar-refractivity contribution in [2.24, 2.45) is 5.73 Å². The predicted molar refractivity (Wildman–Crippen MR) is 55.9 cm³/mol. The van der Waals surface area contributed by atoms with E-state index in [2.05, 4.69) is 6.07 Å². The average molecular weight is 189 g/mol. The minimum Gasteiger partial charge on any atom is -0.321 e. The van der Waals surface area contributed by atoms with Crippen molar-refractivity contribution in [2.45, 2.75) is 31.7 Å². The molecule has 2 heteroatoms. The fourth-order valence-electron chi connectivity index (χ4n) is 2.09. The van der Waals surface area contributed by atoms with E-state index in [1.807, 2.05) is 25.1 Å². The topological polar surface area (TPSA) is 43.1 Å². The van der Waals surface area contributed by atoms with Gasteiger partial charge in [-0.2, -0.15) is 0 Å². The highest BCUT2D eigenvalue weighted by Crippen LogP contribution is 2.34. The molecule has 1 aromatic rings. The Kier molecular flexibility index (Phi) is 2.16. The van der Waals surface area contributed by atoms with E-state index in [-0.39, 0.29) is 5.78 Å². The van der Waals surface area contributed by atoms with Crippen LogP contribution >= 0.6 is 0 Å². The van der Waals surface area contributed by atoms with Crippen LogP contribution < -0.4 is 5.73 Å². The lowest BCUT2D eigenvalue weighted by Gasteiger charge is -2.23. The van der Waals surface area contributed by atoms with Crippen LogP contribution in [0.4, 0.5) is 0 Å². The third-order valence-electron chi connectivity index (χ3n) is 2.96. The fraction of sp³-hybridized carbons (Fsp3) is 0.417. The zero-order valence-corrected chi connectivity index (χ0v) is 8.42. The summed E-state index contributed by atoms with van der Waals surface area (Å²) in [6, 6.07) is 8.15. The van der Waals surface area contributed by atoms with Crippen molar-refractivity contribution in [3.63, 3.8) is 0 Å². The van der Waals surface area contributed by atoms with Crippen molar-refractivity contribution >= 4 is 5.78 Å². The maximum absolute atomic E-state index is 11.2. The highest BCUT2D eigenvalue weighted by Gasteiger charge is 2.35. The SMILES string of the molecule is Cc1cccc(C2(N)CCC(=O)C2)c1. The second-order valence-corrected chi connectivity index (χ2v) is 4.24. The summed E-state index contributed by atoms with van der Waals surface area (Å²) in [5.74, 6) is 0.286. The van der Waals surface area contributed by atoms with Crippen LogP contribution in [-0.2, 0) is 10.3 Å². The van der Waals surface area contributed by atoms with E-state index in [9.17, 15) is 4.79 Å². The van der Waals surface area contributed by atoms with Gasteiger partial charge < -0.3 is 5.73 Å². The van der Waals surface area contributed by atoms with Gasteiger partial charge in [-0.05, 0) is 18.9 Å². The third-order valence-corrected chi connectivity index (χ3v) is 2.96. The monoisotopic (exact) mass is 189 g/mol. The quantitative estimate of drug-likeness (QED) is 0.733. The van der Waals surface area contributed by atoms with Gasteiger partial charge in [-0.15, -0.1) is 0 Å². The van der Waals surface area contributed by atoms with Crippen molar-refractivity contribution in [3.8, 4) is 0 Å². The van der Waals surface area contributed by atoms with Gasteiger partial charge >= 0.3 is 0 Å². The molecular weight excluding hydrogens is 174 g/mol. The standard InChI is InChI=1S/C12H15NO/c1-9-3-2-4-10(7-9)12(13)6-5-11(14)8-12/h2-4,7H,5-6,8,13H2,1H3. The van der Waals surface area contributed by atoms with Gasteiger partial charge in [0.2, 0.25) is 0 Å². The van der Waals surface area contributed by atoms with Crippen LogP contribution in [0.2, 0.25) is 0 Å². The molecule has 1 saturated carbocycles. The number of aryl methyl sites for hydroxylation is 1. The molecule has 0 bridgehead atoms. The van der Waals surface area contributed by atoms with Gasteiger partial charge in [-0.25, -0.2) is 0 Å².